The van der Waals surface area contributed by atoms with E-state index in [0.29, 0.717) is 17.9 Å². The molecule has 2 aliphatic rings. The van der Waals surface area contributed by atoms with Gasteiger partial charge in [-0.3, -0.25) is 15.2 Å². The Hall–Kier alpha value is -3.03. The molecular formula is C21H22N2O5. The number of para-hydroxylation sites is 1. The van der Waals surface area contributed by atoms with Crippen LogP contribution >= 0.6 is 0 Å². The number of carbonyl (C=O) groups is 1. The van der Waals surface area contributed by atoms with Gasteiger partial charge in [-0.2, -0.15) is 0 Å². The van der Waals surface area contributed by atoms with E-state index in [1.54, 1.807) is 18.2 Å². The molecular weight excluding hydrogens is 360 g/mol. The number of aliphatic carboxylic acids is 1. The third kappa shape index (κ3) is 2.55. The number of nitrogens with zero attached hydrogens (tertiary/aromatic N) is 2. The molecule has 0 amide bonds. The molecule has 7 heteroatoms. The SMILES string of the molecule is CC1(C)c2ccccc2N(CCC(=O)O)C12C=Cc1cc(N(O)O)ccc1O2. The third-order valence-electron chi connectivity index (χ3n) is 5.69. The minimum Gasteiger partial charge on any atom is -0.481 e. The number of carboxylic acids is 1. The molecule has 0 radical (unpaired) electrons. The highest BCUT2D eigenvalue weighted by Gasteiger charge is 2.58. The number of benzene rings is 2. The molecule has 0 bridgehead atoms. The molecule has 1 spiro atoms. The van der Waals surface area contributed by atoms with Crippen LogP contribution in [-0.4, -0.2) is 33.8 Å². The van der Waals surface area contributed by atoms with Crippen molar-refractivity contribution >= 4 is 23.4 Å². The summed E-state index contributed by atoms with van der Waals surface area (Å²) in [6.45, 7) is 4.47. The van der Waals surface area contributed by atoms with Crippen LogP contribution in [0.1, 0.15) is 31.4 Å². The van der Waals surface area contributed by atoms with Crippen molar-refractivity contribution in [3.8, 4) is 5.75 Å². The number of anilines is 2. The van der Waals surface area contributed by atoms with Gasteiger partial charge in [0.2, 0.25) is 5.72 Å². The molecule has 2 aliphatic heterocycles. The molecule has 0 fully saturated rings. The van der Waals surface area contributed by atoms with Gasteiger partial charge in [0, 0.05) is 17.8 Å². The summed E-state index contributed by atoms with van der Waals surface area (Å²) in [5.74, 6) is -0.276. The van der Waals surface area contributed by atoms with Crippen molar-refractivity contribution in [3.63, 3.8) is 0 Å². The Morgan fingerprint density at radius 3 is 2.64 bits per heavy atom. The number of hydrogen-bond donors (Lipinski definition) is 3. The molecule has 1 atom stereocenters. The van der Waals surface area contributed by atoms with Gasteiger partial charge < -0.3 is 14.7 Å². The molecule has 0 aromatic heterocycles. The molecule has 2 aromatic rings. The minimum atomic E-state index is -0.890. The molecule has 1 unspecified atom stereocenters. The summed E-state index contributed by atoms with van der Waals surface area (Å²) in [6.07, 6.45) is 3.80. The van der Waals surface area contributed by atoms with Gasteiger partial charge in [0.05, 0.1) is 17.5 Å². The first kappa shape index (κ1) is 18.3. The second-order valence-corrected chi connectivity index (χ2v) is 7.58. The zero-order valence-corrected chi connectivity index (χ0v) is 15.7. The van der Waals surface area contributed by atoms with Crippen molar-refractivity contribution in [2.24, 2.45) is 0 Å². The first-order chi connectivity index (χ1) is 13.3. The van der Waals surface area contributed by atoms with Crippen LogP contribution in [0.5, 0.6) is 5.75 Å². The summed E-state index contributed by atoms with van der Waals surface area (Å²) >= 11 is 0. The molecule has 146 valence electrons. The fourth-order valence-electron chi connectivity index (χ4n) is 4.21. The van der Waals surface area contributed by atoms with Crippen molar-refractivity contribution in [2.45, 2.75) is 31.4 Å². The fraction of sp³-hybridized carbons (Fsp3) is 0.286. The van der Waals surface area contributed by atoms with Crippen molar-refractivity contribution in [3.05, 3.63) is 59.7 Å². The number of rotatable bonds is 4. The number of carboxylic acid groups (broad SMARTS) is 1. The fourth-order valence-corrected chi connectivity index (χ4v) is 4.21. The maximum Gasteiger partial charge on any atom is 0.305 e. The van der Waals surface area contributed by atoms with Crippen molar-refractivity contribution in [1.82, 2.24) is 0 Å². The van der Waals surface area contributed by atoms with Crippen LogP contribution < -0.4 is 14.9 Å². The standard InChI is InChI=1S/C21H22N2O5/c1-20(2)16-5-3-4-6-17(16)22(12-10-19(24)25)21(20)11-9-14-13-15(23(26)27)7-8-18(14)28-21/h3-9,11,13,26-27H,10,12H2,1-2H3,(H,24,25). The summed E-state index contributed by atoms with van der Waals surface area (Å²) in [7, 11) is 0. The Bertz CT molecular complexity index is 969. The highest BCUT2D eigenvalue weighted by Crippen LogP contribution is 2.55. The monoisotopic (exact) mass is 382 g/mol. The van der Waals surface area contributed by atoms with Gasteiger partial charge in [-0.15, -0.1) is 5.23 Å². The van der Waals surface area contributed by atoms with E-state index < -0.39 is 17.1 Å². The van der Waals surface area contributed by atoms with Gasteiger partial charge in [-0.25, -0.2) is 0 Å². The first-order valence-corrected chi connectivity index (χ1v) is 9.05. The highest BCUT2D eigenvalue weighted by molar-refractivity contribution is 5.75. The van der Waals surface area contributed by atoms with E-state index >= 15 is 0 Å². The lowest BCUT2D eigenvalue weighted by molar-refractivity contribution is -0.136. The van der Waals surface area contributed by atoms with Gasteiger partial charge in [-0.05, 0) is 55.8 Å². The second kappa shape index (κ2) is 6.25. The Morgan fingerprint density at radius 1 is 1.18 bits per heavy atom. The molecule has 7 nitrogen and oxygen atoms in total. The number of ether oxygens (including phenoxy) is 1. The predicted octanol–water partition coefficient (Wildman–Crippen LogP) is 3.65. The second-order valence-electron chi connectivity index (χ2n) is 7.58. The Kier molecular flexibility index (Phi) is 4.10. The van der Waals surface area contributed by atoms with Gasteiger partial charge in [0.1, 0.15) is 5.75 Å². The van der Waals surface area contributed by atoms with E-state index in [1.807, 2.05) is 41.3 Å². The van der Waals surface area contributed by atoms with Crippen LogP contribution in [-0.2, 0) is 10.2 Å². The Balaban J connectivity index is 1.82. The average Bonchev–Trinajstić information content (AvgIpc) is 2.84. The van der Waals surface area contributed by atoms with Crippen LogP contribution in [0.25, 0.3) is 6.08 Å². The zero-order chi connectivity index (χ0) is 20.1. The van der Waals surface area contributed by atoms with Crippen molar-refractivity contribution in [2.75, 3.05) is 16.7 Å². The third-order valence-corrected chi connectivity index (χ3v) is 5.69. The van der Waals surface area contributed by atoms with Crippen molar-refractivity contribution in [1.29, 1.82) is 0 Å². The normalized spacial score (nSPS) is 21.2. The highest BCUT2D eigenvalue weighted by atomic mass is 16.8. The predicted molar refractivity (Wildman–Crippen MR) is 104 cm³/mol. The van der Waals surface area contributed by atoms with E-state index in [9.17, 15) is 20.3 Å². The summed E-state index contributed by atoms with van der Waals surface area (Å²) < 4.78 is 6.52. The van der Waals surface area contributed by atoms with E-state index in [0.717, 1.165) is 11.3 Å². The van der Waals surface area contributed by atoms with Crippen LogP contribution in [0, 0.1) is 0 Å². The largest absolute Gasteiger partial charge is 0.481 e. The molecule has 0 saturated heterocycles. The summed E-state index contributed by atoms with van der Waals surface area (Å²) in [5.41, 5.74) is 1.63. The number of fused-ring (bicyclic) bond motifs is 2. The van der Waals surface area contributed by atoms with Crippen molar-refractivity contribution < 1.29 is 25.1 Å². The Labute approximate surface area is 162 Å². The van der Waals surface area contributed by atoms with E-state index in [-0.39, 0.29) is 17.3 Å². The molecule has 3 N–H and O–H groups in total. The van der Waals surface area contributed by atoms with Gasteiger partial charge in [-0.1, -0.05) is 18.2 Å². The van der Waals surface area contributed by atoms with Crippen LogP contribution in [0.2, 0.25) is 0 Å². The molecule has 28 heavy (non-hydrogen) atoms. The maximum absolute atomic E-state index is 11.3. The molecule has 2 heterocycles. The zero-order valence-electron chi connectivity index (χ0n) is 15.7. The van der Waals surface area contributed by atoms with Gasteiger partial charge >= 0.3 is 5.97 Å². The van der Waals surface area contributed by atoms with Crippen LogP contribution in [0.3, 0.4) is 0 Å². The first-order valence-electron chi connectivity index (χ1n) is 9.05. The maximum atomic E-state index is 11.3. The van der Waals surface area contributed by atoms with Gasteiger partial charge in [0.25, 0.3) is 0 Å². The van der Waals surface area contributed by atoms with Crippen LogP contribution in [0.15, 0.2) is 48.5 Å². The molecule has 0 aliphatic carbocycles. The number of hydrogen-bond acceptors (Lipinski definition) is 6. The molecule has 2 aromatic carbocycles. The topological polar surface area (TPSA) is 93.5 Å². The summed E-state index contributed by atoms with van der Waals surface area (Å²) in [5, 5.41) is 27.8. The lowest BCUT2D eigenvalue weighted by Gasteiger charge is -2.47. The lowest BCUT2D eigenvalue weighted by Crippen LogP contribution is -2.59. The molecule has 4 rings (SSSR count). The Morgan fingerprint density at radius 2 is 1.93 bits per heavy atom. The lowest BCUT2D eigenvalue weighted by atomic mass is 9.76. The van der Waals surface area contributed by atoms with Gasteiger partial charge in [0.15, 0.2) is 0 Å². The minimum absolute atomic E-state index is 0.0147. The van der Waals surface area contributed by atoms with Crippen LogP contribution in [0.4, 0.5) is 11.4 Å². The van der Waals surface area contributed by atoms with E-state index in [1.165, 1.54) is 0 Å². The summed E-state index contributed by atoms with van der Waals surface area (Å²) in [6, 6.07) is 12.8. The van der Waals surface area contributed by atoms with E-state index in [4.69, 9.17) is 4.74 Å². The average molecular weight is 382 g/mol. The quantitative estimate of drug-likeness (QED) is 0.695. The molecule has 0 saturated carbocycles. The summed E-state index contributed by atoms with van der Waals surface area (Å²) in [4.78, 5) is 13.3. The van der Waals surface area contributed by atoms with E-state index in [2.05, 4.69) is 13.8 Å². The smallest absolute Gasteiger partial charge is 0.305 e.